The monoisotopic (exact) mass is 519 g/mol. The van der Waals surface area contributed by atoms with Gasteiger partial charge in [-0.25, -0.2) is 4.98 Å². The number of benzene rings is 1. The Balaban J connectivity index is 1.56. The van der Waals surface area contributed by atoms with Crippen molar-refractivity contribution in [2.45, 2.75) is 19.5 Å². The maximum absolute atomic E-state index is 13.1. The summed E-state index contributed by atoms with van der Waals surface area (Å²) >= 11 is 8.44. The highest BCUT2D eigenvalue weighted by Gasteiger charge is 2.23. The first-order valence-corrected chi connectivity index (χ1v) is 12.4. The lowest BCUT2D eigenvalue weighted by atomic mass is 10.1. The summed E-state index contributed by atoms with van der Waals surface area (Å²) in [6.45, 7) is 1.39. The molecule has 0 aliphatic carbocycles. The zero-order chi connectivity index (χ0) is 24.2. The second kappa shape index (κ2) is 10.5. The molecule has 0 spiro atoms. The molecule has 3 aromatic rings. The van der Waals surface area contributed by atoms with Crippen LogP contribution in [0.2, 0.25) is 4.34 Å². The van der Waals surface area contributed by atoms with E-state index in [4.69, 9.17) is 22.1 Å². The number of ether oxygens (including phenoxy) is 1. The molecule has 1 aliphatic heterocycles. The summed E-state index contributed by atoms with van der Waals surface area (Å²) in [6.07, 6.45) is 0.790. The summed E-state index contributed by atoms with van der Waals surface area (Å²) in [5, 5.41) is 6.01. The lowest BCUT2D eigenvalue weighted by molar-refractivity contribution is -0.119. The van der Waals surface area contributed by atoms with Crippen LogP contribution in [0.25, 0.3) is 0 Å². The number of thiophene rings is 1. The van der Waals surface area contributed by atoms with Crippen molar-refractivity contribution in [3.05, 3.63) is 60.7 Å². The van der Waals surface area contributed by atoms with E-state index in [9.17, 15) is 14.4 Å². The quantitative estimate of drug-likeness (QED) is 0.420. The van der Waals surface area contributed by atoms with Crippen molar-refractivity contribution in [1.82, 2.24) is 15.2 Å². The number of anilines is 1. The largest absolute Gasteiger partial charge is 0.482 e. The minimum atomic E-state index is -0.651. The Morgan fingerprint density at radius 1 is 1.21 bits per heavy atom. The van der Waals surface area contributed by atoms with Crippen molar-refractivity contribution in [1.29, 1.82) is 0 Å². The van der Waals surface area contributed by atoms with Crippen LogP contribution < -0.4 is 21.1 Å². The smallest absolute Gasteiger partial charge is 0.284 e. The number of carbonyl (C=O) groups excluding carboxylic acids is 3. The molecule has 12 heteroatoms. The molecule has 0 bridgehead atoms. The maximum atomic E-state index is 13.1. The van der Waals surface area contributed by atoms with Crippen LogP contribution in [0, 0.1) is 0 Å². The van der Waals surface area contributed by atoms with Crippen molar-refractivity contribution in [2.24, 2.45) is 5.73 Å². The van der Waals surface area contributed by atoms with Crippen LogP contribution in [-0.4, -0.2) is 47.8 Å². The summed E-state index contributed by atoms with van der Waals surface area (Å²) in [5.74, 6) is -1.08. The minimum absolute atomic E-state index is 0.108. The highest BCUT2D eigenvalue weighted by molar-refractivity contribution is 7.18. The molecule has 3 heterocycles. The molecule has 0 unspecified atom stereocenters. The van der Waals surface area contributed by atoms with E-state index in [0.29, 0.717) is 25.5 Å². The van der Waals surface area contributed by atoms with E-state index >= 15 is 0 Å². The van der Waals surface area contributed by atoms with Crippen molar-refractivity contribution >= 4 is 57.7 Å². The number of carbonyl (C=O) groups is 3. The first-order valence-electron chi connectivity index (χ1n) is 10.3. The number of amides is 3. The molecule has 1 aliphatic rings. The van der Waals surface area contributed by atoms with Gasteiger partial charge in [-0.2, -0.15) is 0 Å². The van der Waals surface area contributed by atoms with Crippen LogP contribution in [0.1, 0.15) is 35.6 Å². The van der Waals surface area contributed by atoms with Crippen LogP contribution in [0.4, 0.5) is 5.69 Å². The van der Waals surface area contributed by atoms with E-state index in [2.05, 4.69) is 20.5 Å². The van der Waals surface area contributed by atoms with Crippen LogP contribution in [0.5, 0.6) is 5.75 Å². The molecule has 3 amide bonds. The van der Waals surface area contributed by atoms with E-state index < -0.39 is 11.8 Å². The number of fused-ring (bicyclic) bond motifs is 1. The Morgan fingerprint density at radius 2 is 2.03 bits per heavy atom. The Kier molecular flexibility index (Phi) is 7.47. The summed E-state index contributed by atoms with van der Waals surface area (Å²) in [5.41, 5.74) is 7.09. The lowest BCUT2D eigenvalue weighted by Gasteiger charge is -2.20. The Bertz CT molecular complexity index is 1240. The lowest BCUT2D eigenvalue weighted by Crippen LogP contribution is -2.25. The Hall–Kier alpha value is -2.99. The van der Waals surface area contributed by atoms with Crippen LogP contribution in [0.3, 0.4) is 0 Å². The number of hydrogen-bond donors (Lipinski definition) is 3. The molecule has 34 heavy (non-hydrogen) atoms. The van der Waals surface area contributed by atoms with E-state index in [1.165, 1.54) is 22.7 Å². The number of halogens is 1. The first-order chi connectivity index (χ1) is 16.3. The second-order valence-corrected chi connectivity index (χ2v) is 10.5. The van der Waals surface area contributed by atoms with Gasteiger partial charge in [0.25, 0.3) is 17.7 Å². The number of primary amides is 1. The van der Waals surface area contributed by atoms with E-state index in [1.54, 1.807) is 30.3 Å². The number of para-hydroxylation sites is 1. The standard InChI is InChI=1S/C22H22ClN5O4S2/c1-28-8-7-13-16(10-28)34-22(26-13)21(31)27-19-12(3-2-4-14(19)32-11-18(24)29)9-25-20(30)15-5-6-17(23)33-15/h2-6H,7-11H2,1H3,(H2,24,29)(H,25,30)(H,27,31). The van der Waals surface area contributed by atoms with Crippen molar-refractivity contribution < 1.29 is 19.1 Å². The normalized spacial score (nSPS) is 13.2. The van der Waals surface area contributed by atoms with E-state index in [1.807, 2.05) is 7.05 Å². The van der Waals surface area contributed by atoms with Gasteiger partial charge in [0.1, 0.15) is 5.75 Å². The molecule has 0 radical (unpaired) electrons. The fraction of sp³-hybridized carbons (Fsp3) is 0.273. The van der Waals surface area contributed by atoms with Gasteiger partial charge in [0.05, 0.1) is 20.6 Å². The molecule has 0 saturated carbocycles. The molecule has 0 atom stereocenters. The van der Waals surface area contributed by atoms with Gasteiger partial charge in [0.2, 0.25) is 0 Å². The highest BCUT2D eigenvalue weighted by Crippen LogP contribution is 2.31. The molecule has 0 saturated heterocycles. The van der Waals surface area contributed by atoms with Gasteiger partial charge in [-0.15, -0.1) is 22.7 Å². The van der Waals surface area contributed by atoms with Crippen LogP contribution >= 0.6 is 34.3 Å². The molecule has 9 nitrogen and oxygen atoms in total. The maximum Gasteiger partial charge on any atom is 0.284 e. The zero-order valence-corrected chi connectivity index (χ0v) is 20.6. The third-order valence-corrected chi connectivity index (χ3v) is 7.38. The van der Waals surface area contributed by atoms with Gasteiger partial charge in [0, 0.05) is 30.9 Å². The van der Waals surface area contributed by atoms with Crippen molar-refractivity contribution in [2.75, 3.05) is 25.5 Å². The molecule has 2 aromatic heterocycles. The number of nitrogens with one attached hydrogen (secondary N) is 2. The molecular formula is C22H22ClN5O4S2. The number of nitrogens with two attached hydrogens (primary N) is 1. The van der Waals surface area contributed by atoms with Gasteiger partial charge in [0.15, 0.2) is 11.6 Å². The third kappa shape index (κ3) is 5.73. The summed E-state index contributed by atoms with van der Waals surface area (Å²) in [6, 6.07) is 8.35. The van der Waals surface area contributed by atoms with E-state index in [0.717, 1.165) is 30.1 Å². The summed E-state index contributed by atoms with van der Waals surface area (Å²) in [7, 11) is 2.03. The van der Waals surface area contributed by atoms with Crippen LogP contribution in [-0.2, 0) is 24.3 Å². The summed E-state index contributed by atoms with van der Waals surface area (Å²) < 4.78 is 6.04. The third-order valence-electron chi connectivity index (χ3n) is 5.07. The number of hydrogen-bond acceptors (Lipinski definition) is 8. The van der Waals surface area contributed by atoms with Gasteiger partial charge < -0.3 is 26.0 Å². The fourth-order valence-corrected chi connectivity index (χ4v) is 5.46. The van der Waals surface area contributed by atoms with E-state index in [-0.39, 0.29) is 24.8 Å². The fourth-order valence-electron chi connectivity index (χ4n) is 3.42. The molecule has 4 N–H and O–H groups in total. The number of rotatable bonds is 8. The first kappa shape index (κ1) is 24.1. The van der Waals surface area contributed by atoms with Crippen molar-refractivity contribution in [3.8, 4) is 5.75 Å². The number of thiazole rings is 1. The van der Waals surface area contributed by atoms with Gasteiger partial charge in [-0.3, -0.25) is 14.4 Å². The number of aromatic nitrogens is 1. The van der Waals surface area contributed by atoms with Crippen molar-refractivity contribution in [3.63, 3.8) is 0 Å². The zero-order valence-electron chi connectivity index (χ0n) is 18.2. The molecule has 0 fully saturated rings. The molecule has 1 aromatic carbocycles. The van der Waals surface area contributed by atoms with Gasteiger partial charge in [-0.1, -0.05) is 23.7 Å². The van der Waals surface area contributed by atoms with Gasteiger partial charge in [-0.05, 0) is 30.8 Å². The molecular weight excluding hydrogens is 498 g/mol. The summed E-state index contributed by atoms with van der Waals surface area (Å²) in [4.78, 5) is 45.1. The van der Waals surface area contributed by atoms with Gasteiger partial charge >= 0.3 is 0 Å². The predicted molar refractivity (Wildman–Crippen MR) is 132 cm³/mol. The topological polar surface area (TPSA) is 127 Å². The average Bonchev–Trinajstić information content (AvgIpc) is 3.43. The molecule has 178 valence electrons. The predicted octanol–water partition coefficient (Wildman–Crippen LogP) is 2.89. The SMILES string of the molecule is CN1CCc2nc(C(=O)Nc3c(CNC(=O)c4ccc(Cl)s4)cccc3OCC(N)=O)sc2C1. The Labute approximate surface area is 208 Å². The highest BCUT2D eigenvalue weighted by atomic mass is 35.5. The Morgan fingerprint density at radius 3 is 2.76 bits per heavy atom. The van der Waals surface area contributed by atoms with Crippen LogP contribution in [0.15, 0.2) is 30.3 Å². The minimum Gasteiger partial charge on any atom is -0.482 e. The molecule has 4 rings (SSSR count). The number of likely N-dealkylation sites (N-methyl/N-ethyl adjacent to an activating group) is 1. The number of nitrogens with zero attached hydrogens (tertiary/aromatic N) is 2. The second-order valence-electron chi connectivity index (χ2n) is 7.66. The average molecular weight is 520 g/mol.